The first kappa shape index (κ1) is 13.1. The molecule has 18 heavy (non-hydrogen) atoms. The summed E-state index contributed by atoms with van der Waals surface area (Å²) in [6.07, 6.45) is 0. The first-order valence-corrected chi connectivity index (χ1v) is 6.98. The van der Waals surface area contributed by atoms with E-state index in [0.29, 0.717) is 10.6 Å². The molecule has 1 aromatic heterocycles. The molecule has 0 bridgehead atoms. The quantitative estimate of drug-likeness (QED) is 0.923. The van der Waals surface area contributed by atoms with Crippen LogP contribution in [0.4, 0.5) is 5.69 Å². The van der Waals surface area contributed by atoms with E-state index >= 15 is 0 Å². The number of rotatable bonds is 3. The summed E-state index contributed by atoms with van der Waals surface area (Å²) in [6, 6.07) is 7.56. The Kier molecular flexibility index (Phi) is 4.04. The number of amides is 1. The van der Waals surface area contributed by atoms with E-state index in [1.54, 1.807) is 13.2 Å². The second kappa shape index (κ2) is 5.54. The summed E-state index contributed by atoms with van der Waals surface area (Å²) in [6.45, 7) is 1.95. The van der Waals surface area contributed by atoms with Crippen LogP contribution >= 0.6 is 27.3 Å². The molecule has 0 fully saturated rings. The van der Waals surface area contributed by atoms with Crippen LogP contribution in [0.3, 0.4) is 0 Å². The van der Waals surface area contributed by atoms with Crippen LogP contribution in [0, 0.1) is 6.92 Å². The van der Waals surface area contributed by atoms with E-state index in [-0.39, 0.29) is 5.91 Å². The third-order valence-electron chi connectivity index (χ3n) is 2.50. The molecule has 2 rings (SSSR count). The van der Waals surface area contributed by atoms with Crippen molar-refractivity contribution in [1.29, 1.82) is 0 Å². The van der Waals surface area contributed by atoms with Crippen molar-refractivity contribution in [2.45, 2.75) is 6.92 Å². The fraction of sp³-hybridized carbons (Fsp3) is 0.154. The minimum absolute atomic E-state index is 0.150. The van der Waals surface area contributed by atoms with Crippen molar-refractivity contribution in [3.63, 3.8) is 0 Å². The summed E-state index contributed by atoms with van der Waals surface area (Å²) in [5.41, 5.74) is 1.81. The molecule has 0 saturated carbocycles. The molecule has 0 saturated heterocycles. The van der Waals surface area contributed by atoms with Crippen LogP contribution in [0.1, 0.15) is 15.2 Å². The van der Waals surface area contributed by atoms with E-state index in [0.717, 1.165) is 15.7 Å². The van der Waals surface area contributed by atoms with Crippen LogP contribution in [0.25, 0.3) is 0 Å². The minimum Gasteiger partial charge on any atom is -0.495 e. The lowest BCUT2D eigenvalue weighted by atomic mass is 10.2. The summed E-state index contributed by atoms with van der Waals surface area (Å²) >= 11 is 4.75. The molecular formula is C13H12BrNO2S. The van der Waals surface area contributed by atoms with Crippen molar-refractivity contribution in [2.24, 2.45) is 0 Å². The number of ether oxygens (including phenoxy) is 1. The highest BCUT2D eigenvalue weighted by Crippen LogP contribution is 2.27. The Labute approximate surface area is 118 Å². The molecule has 1 aromatic carbocycles. The van der Waals surface area contributed by atoms with Gasteiger partial charge in [0, 0.05) is 10.2 Å². The van der Waals surface area contributed by atoms with Gasteiger partial charge in [0.05, 0.1) is 7.11 Å². The molecule has 94 valence electrons. The van der Waals surface area contributed by atoms with Gasteiger partial charge in [-0.05, 0) is 36.1 Å². The lowest BCUT2D eigenvalue weighted by Crippen LogP contribution is -2.12. The summed E-state index contributed by atoms with van der Waals surface area (Å²) in [5, 5.41) is 4.72. The van der Waals surface area contributed by atoms with Crippen LogP contribution in [0.2, 0.25) is 0 Å². The second-order valence-electron chi connectivity index (χ2n) is 3.73. The number of carbonyl (C=O) groups excluding carboxylic acids is 1. The van der Waals surface area contributed by atoms with Crippen molar-refractivity contribution >= 4 is 38.9 Å². The predicted octanol–water partition coefficient (Wildman–Crippen LogP) is 4.08. The van der Waals surface area contributed by atoms with Crippen molar-refractivity contribution in [2.75, 3.05) is 12.4 Å². The predicted molar refractivity (Wildman–Crippen MR) is 77.7 cm³/mol. The van der Waals surface area contributed by atoms with Gasteiger partial charge in [-0.3, -0.25) is 4.79 Å². The van der Waals surface area contributed by atoms with Gasteiger partial charge in [0.15, 0.2) is 0 Å². The van der Waals surface area contributed by atoms with E-state index in [2.05, 4.69) is 21.2 Å². The Hall–Kier alpha value is -1.33. The third kappa shape index (κ3) is 2.73. The topological polar surface area (TPSA) is 38.3 Å². The Morgan fingerprint density at radius 2 is 2.17 bits per heavy atom. The average Bonchev–Trinajstić information content (AvgIpc) is 2.82. The zero-order valence-electron chi connectivity index (χ0n) is 9.99. The van der Waals surface area contributed by atoms with Crippen molar-refractivity contribution in [3.05, 3.63) is 44.6 Å². The van der Waals surface area contributed by atoms with E-state index in [9.17, 15) is 4.79 Å². The lowest BCUT2D eigenvalue weighted by Gasteiger charge is -2.08. The Balaban J connectivity index is 2.24. The van der Waals surface area contributed by atoms with E-state index < -0.39 is 0 Å². The standard InChI is InChI=1S/C13H12BrNO2S/c1-8-3-4-9(14)7-10(8)15-13(16)12-11(17-2)5-6-18-12/h3-7H,1-2H3,(H,15,16). The van der Waals surface area contributed by atoms with Crippen LogP contribution < -0.4 is 10.1 Å². The van der Waals surface area contributed by atoms with Gasteiger partial charge < -0.3 is 10.1 Å². The summed E-state index contributed by atoms with van der Waals surface area (Å²) in [7, 11) is 1.56. The summed E-state index contributed by atoms with van der Waals surface area (Å²) < 4.78 is 6.07. The van der Waals surface area contributed by atoms with Gasteiger partial charge in [0.2, 0.25) is 0 Å². The van der Waals surface area contributed by atoms with Gasteiger partial charge in [0.25, 0.3) is 5.91 Å². The molecule has 1 amide bonds. The van der Waals surface area contributed by atoms with E-state index in [1.807, 2.05) is 30.5 Å². The monoisotopic (exact) mass is 325 g/mol. The van der Waals surface area contributed by atoms with Crippen molar-refractivity contribution in [3.8, 4) is 5.75 Å². The van der Waals surface area contributed by atoms with Gasteiger partial charge in [-0.1, -0.05) is 22.0 Å². The number of carbonyl (C=O) groups is 1. The fourth-order valence-electron chi connectivity index (χ4n) is 1.53. The molecule has 1 N–H and O–H groups in total. The molecule has 2 aromatic rings. The molecular weight excluding hydrogens is 314 g/mol. The van der Waals surface area contributed by atoms with Gasteiger partial charge in [-0.25, -0.2) is 0 Å². The summed E-state index contributed by atoms with van der Waals surface area (Å²) in [5.74, 6) is 0.452. The van der Waals surface area contributed by atoms with Crippen molar-refractivity contribution < 1.29 is 9.53 Å². The minimum atomic E-state index is -0.150. The Morgan fingerprint density at radius 1 is 1.39 bits per heavy atom. The maximum Gasteiger partial charge on any atom is 0.269 e. The van der Waals surface area contributed by atoms with Gasteiger partial charge in [-0.2, -0.15) is 0 Å². The number of hydrogen-bond donors (Lipinski definition) is 1. The maximum atomic E-state index is 12.1. The molecule has 0 aliphatic rings. The van der Waals surface area contributed by atoms with Crippen LogP contribution in [0.5, 0.6) is 5.75 Å². The van der Waals surface area contributed by atoms with Crippen LogP contribution in [0.15, 0.2) is 34.1 Å². The molecule has 0 aliphatic heterocycles. The molecule has 1 heterocycles. The first-order chi connectivity index (χ1) is 8.61. The maximum absolute atomic E-state index is 12.1. The molecule has 0 radical (unpaired) electrons. The number of benzene rings is 1. The second-order valence-corrected chi connectivity index (χ2v) is 5.56. The number of nitrogens with one attached hydrogen (secondary N) is 1. The van der Waals surface area contributed by atoms with E-state index in [4.69, 9.17) is 4.74 Å². The lowest BCUT2D eigenvalue weighted by molar-refractivity contribution is 0.102. The van der Waals surface area contributed by atoms with Crippen LogP contribution in [-0.2, 0) is 0 Å². The van der Waals surface area contributed by atoms with Crippen molar-refractivity contribution in [1.82, 2.24) is 0 Å². The van der Waals surface area contributed by atoms with E-state index in [1.165, 1.54) is 11.3 Å². The molecule has 0 aliphatic carbocycles. The zero-order chi connectivity index (χ0) is 13.1. The number of halogens is 1. The molecule has 0 unspecified atom stereocenters. The normalized spacial score (nSPS) is 10.2. The number of anilines is 1. The smallest absolute Gasteiger partial charge is 0.269 e. The number of thiophene rings is 1. The Morgan fingerprint density at radius 3 is 2.89 bits per heavy atom. The highest BCUT2D eigenvalue weighted by Gasteiger charge is 2.14. The van der Waals surface area contributed by atoms with Gasteiger partial charge >= 0.3 is 0 Å². The highest BCUT2D eigenvalue weighted by atomic mass is 79.9. The highest BCUT2D eigenvalue weighted by molar-refractivity contribution is 9.10. The van der Waals surface area contributed by atoms with Gasteiger partial charge in [-0.15, -0.1) is 11.3 Å². The number of aryl methyl sites for hydroxylation is 1. The first-order valence-electron chi connectivity index (χ1n) is 5.31. The molecule has 5 heteroatoms. The molecule has 0 atom stereocenters. The number of methoxy groups -OCH3 is 1. The largest absolute Gasteiger partial charge is 0.495 e. The van der Waals surface area contributed by atoms with Gasteiger partial charge in [0.1, 0.15) is 10.6 Å². The SMILES string of the molecule is COc1ccsc1C(=O)Nc1cc(Br)ccc1C. The average molecular weight is 326 g/mol. The Bertz CT molecular complexity index is 580. The molecule has 0 spiro atoms. The fourth-order valence-corrected chi connectivity index (χ4v) is 2.65. The van der Waals surface area contributed by atoms with Crippen LogP contribution in [-0.4, -0.2) is 13.0 Å². The number of hydrogen-bond acceptors (Lipinski definition) is 3. The zero-order valence-corrected chi connectivity index (χ0v) is 12.4. The summed E-state index contributed by atoms with van der Waals surface area (Å²) in [4.78, 5) is 12.7. The molecule has 3 nitrogen and oxygen atoms in total. The third-order valence-corrected chi connectivity index (χ3v) is 3.89.